The molecule has 27 heavy (non-hydrogen) atoms. The summed E-state index contributed by atoms with van der Waals surface area (Å²) in [5.41, 5.74) is 2.74. The Labute approximate surface area is 160 Å². The Kier molecular flexibility index (Phi) is 5.21. The topological polar surface area (TPSA) is 52.7 Å². The van der Waals surface area contributed by atoms with Crippen LogP contribution >= 0.6 is 0 Å². The van der Waals surface area contributed by atoms with Crippen LogP contribution in [-0.2, 0) is 16.1 Å². The molecule has 2 aromatic rings. The minimum absolute atomic E-state index is 0.0306. The first-order chi connectivity index (χ1) is 13.2. The van der Waals surface area contributed by atoms with Gasteiger partial charge in [0.2, 0.25) is 11.8 Å². The maximum atomic E-state index is 12.7. The molecule has 2 aliphatic rings. The van der Waals surface area contributed by atoms with Gasteiger partial charge in [0.15, 0.2) is 0 Å². The van der Waals surface area contributed by atoms with E-state index in [0.29, 0.717) is 31.2 Å². The number of carbonyl (C=O) groups is 2. The normalized spacial score (nSPS) is 16.8. The van der Waals surface area contributed by atoms with Gasteiger partial charge in [0.25, 0.3) is 0 Å². The number of hydrogen-bond acceptors (Lipinski definition) is 3. The number of benzene rings is 2. The van der Waals surface area contributed by atoms with Gasteiger partial charge in [-0.2, -0.15) is 0 Å². The highest BCUT2D eigenvalue weighted by Crippen LogP contribution is 2.30. The van der Waals surface area contributed by atoms with E-state index in [0.717, 1.165) is 31.5 Å². The van der Waals surface area contributed by atoms with Crippen molar-refractivity contribution in [2.45, 2.75) is 38.3 Å². The van der Waals surface area contributed by atoms with Crippen LogP contribution in [-0.4, -0.2) is 35.8 Å². The number of rotatable bonds is 7. The third kappa shape index (κ3) is 4.37. The molecule has 2 aromatic carbocycles. The number of nitrogens with zero attached hydrogens (tertiary/aromatic N) is 2. The van der Waals surface area contributed by atoms with Gasteiger partial charge in [-0.3, -0.25) is 14.5 Å². The highest BCUT2D eigenvalue weighted by atomic mass is 16.2. The van der Waals surface area contributed by atoms with Gasteiger partial charge in [-0.25, -0.2) is 0 Å². The number of anilines is 2. The lowest BCUT2D eigenvalue weighted by Gasteiger charge is -2.23. The van der Waals surface area contributed by atoms with E-state index in [4.69, 9.17) is 0 Å². The molecule has 0 bridgehead atoms. The minimum Gasteiger partial charge on any atom is -0.323 e. The van der Waals surface area contributed by atoms with Crippen LogP contribution in [0.3, 0.4) is 0 Å². The lowest BCUT2D eigenvalue weighted by Crippen LogP contribution is -2.35. The molecule has 4 rings (SSSR count). The Morgan fingerprint density at radius 1 is 1.07 bits per heavy atom. The molecule has 1 aliphatic heterocycles. The first-order valence-corrected chi connectivity index (χ1v) is 9.68. The zero-order valence-electron chi connectivity index (χ0n) is 15.4. The molecular formula is C22H25N3O2. The van der Waals surface area contributed by atoms with Crippen molar-refractivity contribution < 1.29 is 9.59 Å². The molecule has 2 fully saturated rings. The molecule has 2 amide bonds. The van der Waals surface area contributed by atoms with Crippen LogP contribution < -0.4 is 10.2 Å². The minimum atomic E-state index is -0.0306. The van der Waals surface area contributed by atoms with Crippen LogP contribution in [0.2, 0.25) is 0 Å². The van der Waals surface area contributed by atoms with E-state index >= 15 is 0 Å². The van der Waals surface area contributed by atoms with Crippen LogP contribution in [0.4, 0.5) is 11.4 Å². The van der Waals surface area contributed by atoms with Gasteiger partial charge in [-0.05, 0) is 37.0 Å². The van der Waals surface area contributed by atoms with Gasteiger partial charge in [-0.1, -0.05) is 42.5 Å². The molecule has 1 saturated heterocycles. The summed E-state index contributed by atoms with van der Waals surface area (Å²) in [5, 5.41) is 3.03. The van der Waals surface area contributed by atoms with E-state index < -0.39 is 0 Å². The fraction of sp³-hybridized carbons (Fsp3) is 0.364. The second-order valence-electron chi connectivity index (χ2n) is 7.34. The van der Waals surface area contributed by atoms with Crippen molar-refractivity contribution in [1.29, 1.82) is 0 Å². The molecule has 5 heteroatoms. The molecule has 140 valence electrons. The average Bonchev–Trinajstić information content (AvgIpc) is 3.44. The van der Waals surface area contributed by atoms with Crippen molar-refractivity contribution in [1.82, 2.24) is 4.90 Å². The van der Waals surface area contributed by atoms with Crippen molar-refractivity contribution in [2.24, 2.45) is 0 Å². The number of nitrogens with one attached hydrogen (secondary N) is 1. The second kappa shape index (κ2) is 7.92. The Bertz CT molecular complexity index is 817. The monoisotopic (exact) mass is 363 g/mol. The molecule has 0 unspecified atom stereocenters. The molecule has 1 N–H and O–H groups in total. The molecule has 1 saturated carbocycles. The zero-order chi connectivity index (χ0) is 18.6. The van der Waals surface area contributed by atoms with Crippen molar-refractivity contribution >= 4 is 23.2 Å². The highest BCUT2D eigenvalue weighted by Gasteiger charge is 2.30. The molecular weight excluding hydrogens is 338 g/mol. The summed E-state index contributed by atoms with van der Waals surface area (Å²) >= 11 is 0. The summed E-state index contributed by atoms with van der Waals surface area (Å²) in [6, 6.07) is 18.3. The van der Waals surface area contributed by atoms with Crippen LogP contribution in [0.25, 0.3) is 0 Å². The second-order valence-corrected chi connectivity index (χ2v) is 7.34. The molecule has 0 atom stereocenters. The van der Waals surface area contributed by atoms with Crippen molar-refractivity contribution in [3.63, 3.8) is 0 Å². The molecule has 5 nitrogen and oxygen atoms in total. The Balaban J connectivity index is 1.43. The maximum absolute atomic E-state index is 12.7. The van der Waals surface area contributed by atoms with E-state index in [1.54, 1.807) is 4.90 Å². The Morgan fingerprint density at radius 3 is 2.52 bits per heavy atom. The average molecular weight is 363 g/mol. The van der Waals surface area contributed by atoms with E-state index in [9.17, 15) is 9.59 Å². The van der Waals surface area contributed by atoms with E-state index in [1.165, 1.54) is 5.56 Å². The van der Waals surface area contributed by atoms with Crippen molar-refractivity contribution in [3.8, 4) is 0 Å². The summed E-state index contributed by atoms with van der Waals surface area (Å²) in [5.74, 6) is 0.0947. The summed E-state index contributed by atoms with van der Waals surface area (Å²) in [6.45, 7) is 1.86. The first-order valence-electron chi connectivity index (χ1n) is 9.68. The Hall–Kier alpha value is -2.66. The van der Waals surface area contributed by atoms with Gasteiger partial charge < -0.3 is 10.2 Å². The highest BCUT2D eigenvalue weighted by molar-refractivity contribution is 6.02. The molecule has 0 spiro atoms. The predicted octanol–water partition coefficient (Wildman–Crippen LogP) is 3.42. The SMILES string of the molecule is O=C(CN(Cc1ccccc1)C1CC1)Nc1ccccc1N1CCCC1=O. The van der Waals surface area contributed by atoms with Gasteiger partial charge in [0.05, 0.1) is 17.9 Å². The first kappa shape index (κ1) is 17.7. The third-order valence-corrected chi connectivity index (χ3v) is 5.18. The Morgan fingerprint density at radius 2 is 1.81 bits per heavy atom. The lowest BCUT2D eigenvalue weighted by molar-refractivity contribution is -0.118. The van der Waals surface area contributed by atoms with Crippen molar-refractivity contribution in [2.75, 3.05) is 23.3 Å². The fourth-order valence-electron chi connectivity index (χ4n) is 3.66. The number of carbonyl (C=O) groups excluding carboxylic acids is 2. The van der Waals surface area contributed by atoms with Crippen LogP contribution in [0, 0.1) is 0 Å². The smallest absolute Gasteiger partial charge is 0.238 e. The molecule has 1 heterocycles. The van der Waals surface area contributed by atoms with Gasteiger partial charge in [-0.15, -0.1) is 0 Å². The standard InChI is InChI=1S/C22H25N3O2/c26-21(16-24(18-12-13-18)15-17-7-2-1-3-8-17)23-19-9-4-5-10-20(19)25-14-6-11-22(25)27/h1-5,7-10,18H,6,11-16H2,(H,23,26). The fourth-order valence-corrected chi connectivity index (χ4v) is 3.66. The van der Waals surface area contributed by atoms with Crippen LogP contribution in [0.1, 0.15) is 31.2 Å². The largest absolute Gasteiger partial charge is 0.323 e. The molecule has 0 radical (unpaired) electrons. The summed E-state index contributed by atoms with van der Waals surface area (Å²) < 4.78 is 0. The van der Waals surface area contributed by atoms with Gasteiger partial charge in [0.1, 0.15) is 0 Å². The molecule has 0 aromatic heterocycles. The van der Waals surface area contributed by atoms with Gasteiger partial charge >= 0.3 is 0 Å². The van der Waals surface area contributed by atoms with E-state index in [1.807, 2.05) is 42.5 Å². The third-order valence-electron chi connectivity index (χ3n) is 5.18. The number of amides is 2. The maximum Gasteiger partial charge on any atom is 0.238 e. The van der Waals surface area contributed by atoms with Gasteiger partial charge in [0, 0.05) is 25.6 Å². The number of hydrogen-bond donors (Lipinski definition) is 1. The quantitative estimate of drug-likeness (QED) is 0.820. The summed E-state index contributed by atoms with van der Waals surface area (Å²) in [6.07, 6.45) is 3.75. The molecule has 1 aliphatic carbocycles. The zero-order valence-corrected chi connectivity index (χ0v) is 15.4. The van der Waals surface area contributed by atoms with E-state index in [-0.39, 0.29) is 11.8 Å². The summed E-state index contributed by atoms with van der Waals surface area (Å²) in [4.78, 5) is 28.9. The number of para-hydroxylation sites is 2. The van der Waals surface area contributed by atoms with E-state index in [2.05, 4.69) is 22.3 Å². The summed E-state index contributed by atoms with van der Waals surface area (Å²) in [7, 11) is 0. The lowest BCUT2D eigenvalue weighted by atomic mass is 10.2. The van der Waals surface area contributed by atoms with Crippen molar-refractivity contribution in [3.05, 3.63) is 60.2 Å². The van der Waals surface area contributed by atoms with Crippen LogP contribution in [0.5, 0.6) is 0 Å². The predicted molar refractivity (Wildman–Crippen MR) is 107 cm³/mol. The van der Waals surface area contributed by atoms with Crippen LogP contribution in [0.15, 0.2) is 54.6 Å².